The van der Waals surface area contributed by atoms with Gasteiger partial charge in [-0.05, 0) is 61.9 Å². The average molecular weight is 537 g/mol. The molecule has 10 heteroatoms. The number of nitrogens with zero attached hydrogens (tertiary/aromatic N) is 4. The SMILES string of the molecule is CCOC(=O)c1ccc2c(c1)nc(SCC(=O)N1N=C(c3ccc(Cl)cc3)C[C@H]1c1ccco1)n2CC. The number of aromatic nitrogens is 2. The number of hydrazone groups is 1. The molecule has 1 aliphatic rings. The van der Waals surface area contributed by atoms with Gasteiger partial charge in [-0.1, -0.05) is 35.5 Å². The average Bonchev–Trinajstić information content (AvgIpc) is 3.65. The number of thioether (sulfide) groups is 1. The van der Waals surface area contributed by atoms with Crippen molar-refractivity contribution in [1.82, 2.24) is 14.6 Å². The highest BCUT2D eigenvalue weighted by atomic mass is 35.5. The van der Waals surface area contributed by atoms with Gasteiger partial charge in [-0.25, -0.2) is 14.8 Å². The Hall–Kier alpha value is -3.56. The highest BCUT2D eigenvalue weighted by Crippen LogP contribution is 2.34. The van der Waals surface area contributed by atoms with Gasteiger partial charge in [0.25, 0.3) is 5.91 Å². The number of aryl methyl sites for hydroxylation is 1. The Morgan fingerprint density at radius 3 is 2.68 bits per heavy atom. The van der Waals surface area contributed by atoms with E-state index >= 15 is 0 Å². The minimum Gasteiger partial charge on any atom is -0.467 e. The summed E-state index contributed by atoms with van der Waals surface area (Å²) in [4.78, 5) is 30.3. The predicted molar refractivity (Wildman–Crippen MR) is 143 cm³/mol. The Balaban J connectivity index is 1.38. The number of carbonyl (C=O) groups excluding carboxylic acids is 2. The lowest BCUT2D eigenvalue weighted by Crippen LogP contribution is -2.28. The van der Waals surface area contributed by atoms with E-state index in [-0.39, 0.29) is 23.7 Å². The summed E-state index contributed by atoms with van der Waals surface area (Å²) in [5.74, 6) is 0.283. The predicted octanol–water partition coefficient (Wildman–Crippen LogP) is 5.95. The molecule has 37 heavy (non-hydrogen) atoms. The van der Waals surface area contributed by atoms with Crippen LogP contribution in [0.5, 0.6) is 0 Å². The number of ether oxygens (including phenoxy) is 1. The van der Waals surface area contributed by atoms with Gasteiger partial charge in [0, 0.05) is 18.0 Å². The fraction of sp³-hybridized carbons (Fsp3) is 0.259. The molecule has 0 unspecified atom stereocenters. The largest absolute Gasteiger partial charge is 0.467 e. The molecule has 0 bridgehead atoms. The van der Waals surface area contributed by atoms with E-state index in [1.54, 1.807) is 31.4 Å². The molecule has 0 N–H and O–H groups in total. The fourth-order valence-corrected chi connectivity index (χ4v) is 5.37. The first-order valence-electron chi connectivity index (χ1n) is 12.0. The Morgan fingerprint density at radius 1 is 1.16 bits per heavy atom. The van der Waals surface area contributed by atoms with Crippen LogP contribution in [-0.4, -0.2) is 44.5 Å². The van der Waals surface area contributed by atoms with Gasteiger partial charge in [-0.3, -0.25) is 4.79 Å². The van der Waals surface area contributed by atoms with E-state index in [2.05, 4.69) is 5.10 Å². The van der Waals surface area contributed by atoms with Gasteiger partial charge in [0.15, 0.2) is 5.16 Å². The van der Waals surface area contributed by atoms with Crippen molar-refractivity contribution in [2.24, 2.45) is 5.10 Å². The second kappa shape index (κ2) is 10.8. The minimum absolute atomic E-state index is 0.142. The number of benzene rings is 2. The summed E-state index contributed by atoms with van der Waals surface area (Å²) in [6, 6.07) is 16.1. The van der Waals surface area contributed by atoms with Crippen molar-refractivity contribution < 1.29 is 18.7 Å². The van der Waals surface area contributed by atoms with Gasteiger partial charge >= 0.3 is 5.97 Å². The van der Waals surface area contributed by atoms with E-state index in [0.29, 0.717) is 46.6 Å². The standard InChI is InChI=1S/C27H25ClN4O4S/c1-3-31-22-12-9-18(26(34)35-4-2)14-21(22)29-27(31)37-16-25(33)32-23(24-6-5-13-36-24)15-20(30-32)17-7-10-19(28)11-8-17/h5-14,23H,3-4,15-16H2,1-2H3/t23-/m0/s1. The number of fused-ring (bicyclic) bond motifs is 1. The number of carbonyl (C=O) groups is 2. The topological polar surface area (TPSA) is 89.9 Å². The maximum absolute atomic E-state index is 13.4. The van der Waals surface area contributed by atoms with Gasteiger partial charge in [0.2, 0.25) is 0 Å². The molecule has 1 amide bonds. The van der Waals surface area contributed by atoms with E-state index in [0.717, 1.165) is 16.8 Å². The molecule has 4 aromatic rings. The summed E-state index contributed by atoms with van der Waals surface area (Å²) < 4.78 is 12.8. The first-order chi connectivity index (χ1) is 18.0. The van der Waals surface area contributed by atoms with E-state index in [9.17, 15) is 9.59 Å². The Kier molecular flexibility index (Phi) is 7.34. The molecule has 0 aliphatic carbocycles. The van der Waals surface area contributed by atoms with Gasteiger partial charge in [0.05, 0.1) is 40.9 Å². The number of amides is 1. The highest BCUT2D eigenvalue weighted by Gasteiger charge is 2.35. The molecule has 0 radical (unpaired) electrons. The minimum atomic E-state index is -0.382. The third-order valence-electron chi connectivity index (χ3n) is 6.08. The number of rotatable bonds is 8. The van der Waals surface area contributed by atoms with Crippen molar-refractivity contribution >= 4 is 52.0 Å². The zero-order valence-corrected chi connectivity index (χ0v) is 22.0. The van der Waals surface area contributed by atoms with E-state index in [1.165, 1.54) is 16.8 Å². The van der Waals surface area contributed by atoms with Crippen LogP contribution in [0.1, 0.15) is 48.0 Å². The van der Waals surface area contributed by atoms with Crippen molar-refractivity contribution in [3.63, 3.8) is 0 Å². The normalized spacial score (nSPS) is 15.3. The second-order valence-corrected chi connectivity index (χ2v) is 9.76. The molecule has 2 aromatic carbocycles. The van der Waals surface area contributed by atoms with Crippen molar-refractivity contribution in [1.29, 1.82) is 0 Å². The fourth-order valence-electron chi connectivity index (χ4n) is 4.32. The lowest BCUT2D eigenvalue weighted by atomic mass is 10.0. The summed E-state index contributed by atoms with van der Waals surface area (Å²) in [5, 5.41) is 7.52. The monoisotopic (exact) mass is 536 g/mol. The molecule has 190 valence electrons. The molecule has 1 atom stereocenters. The smallest absolute Gasteiger partial charge is 0.338 e. The molecule has 1 aliphatic heterocycles. The molecule has 0 spiro atoms. The molecule has 3 heterocycles. The van der Waals surface area contributed by atoms with Crippen molar-refractivity contribution in [3.8, 4) is 0 Å². The maximum Gasteiger partial charge on any atom is 0.338 e. The molecule has 0 saturated heterocycles. The van der Waals surface area contributed by atoms with Crippen molar-refractivity contribution in [2.75, 3.05) is 12.4 Å². The number of furan rings is 1. The number of halogens is 1. The lowest BCUT2D eigenvalue weighted by Gasteiger charge is -2.19. The molecule has 0 saturated carbocycles. The number of hydrogen-bond donors (Lipinski definition) is 0. The summed E-state index contributed by atoms with van der Waals surface area (Å²) in [6.07, 6.45) is 2.14. The Morgan fingerprint density at radius 2 is 1.97 bits per heavy atom. The van der Waals surface area contributed by atoms with Crippen LogP contribution in [0, 0.1) is 0 Å². The molecule has 5 rings (SSSR count). The lowest BCUT2D eigenvalue weighted by molar-refractivity contribution is -0.130. The molecule has 0 fully saturated rings. The number of hydrogen-bond acceptors (Lipinski definition) is 7. The van der Waals surface area contributed by atoms with Crippen LogP contribution >= 0.6 is 23.4 Å². The van der Waals surface area contributed by atoms with E-state index in [4.69, 9.17) is 25.7 Å². The third-order valence-corrected chi connectivity index (χ3v) is 7.29. The van der Waals surface area contributed by atoms with Crippen LogP contribution in [0.4, 0.5) is 0 Å². The zero-order chi connectivity index (χ0) is 25.9. The van der Waals surface area contributed by atoms with Crippen molar-refractivity contribution in [3.05, 3.63) is 82.8 Å². The highest BCUT2D eigenvalue weighted by molar-refractivity contribution is 7.99. The zero-order valence-electron chi connectivity index (χ0n) is 20.4. The molecular formula is C27H25ClN4O4S. The summed E-state index contributed by atoms with van der Waals surface area (Å²) in [6.45, 7) is 4.76. The first kappa shape index (κ1) is 25.1. The van der Waals surface area contributed by atoms with E-state index in [1.807, 2.05) is 47.9 Å². The van der Waals surface area contributed by atoms with Crippen LogP contribution in [0.15, 0.2) is 75.5 Å². The summed E-state index contributed by atoms with van der Waals surface area (Å²) in [5.41, 5.74) is 3.73. The van der Waals surface area contributed by atoms with Gasteiger partial charge in [0.1, 0.15) is 11.8 Å². The van der Waals surface area contributed by atoms with Crippen LogP contribution in [0.2, 0.25) is 5.02 Å². The van der Waals surface area contributed by atoms with Crippen LogP contribution in [-0.2, 0) is 16.1 Å². The van der Waals surface area contributed by atoms with Crippen molar-refractivity contribution in [2.45, 2.75) is 38.0 Å². The first-order valence-corrected chi connectivity index (χ1v) is 13.3. The number of imidazole rings is 1. The Labute approximate surface area is 223 Å². The van der Waals surface area contributed by atoms with Crippen LogP contribution < -0.4 is 0 Å². The quantitative estimate of drug-likeness (QED) is 0.204. The number of esters is 1. The molecule has 2 aromatic heterocycles. The van der Waals surface area contributed by atoms with Crippen LogP contribution in [0.25, 0.3) is 11.0 Å². The van der Waals surface area contributed by atoms with Crippen LogP contribution in [0.3, 0.4) is 0 Å². The summed E-state index contributed by atoms with van der Waals surface area (Å²) in [7, 11) is 0. The maximum atomic E-state index is 13.4. The second-order valence-electron chi connectivity index (χ2n) is 8.38. The van der Waals surface area contributed by atoms with E-state index < -0.39 is 0 Å². The van der Waals surface area contributed by atoms with Gasteiger partial charge < -0.3 is 13.7 Å². The summed E-state index contributed by atoms with van der Waals surface area (Å²) >= 11 is 7.39. The van der Waals surface area contributed by atoms with Gasteiger partial charge in [-0.2, -0.15) is 5.10 Å². The Bertz CT molecular complexity index is 1460. The molecule has 8 nitrogen and oxygen atoms in total. The third kappa shape index (κ3) is 5.14. The molecular weight excluding hydrogens is 512 g/mol. The van der Waals surface area contributed by atoms with Gasteiger partial charge in [-0.15, -0.1) is 0 Å².